The molecular formula is C8H14N4O. The first-order valence-corrected chi connectivity index (χ1v) is 4.53. The van der Waals surface area contributed by atoms with Crippen LogP contribution in [0.1, 0.15) is 19.2 Å². The second kappa shape index (κ2) is 3.33. The third kappa shape index (κ3) is 1.98. The lowest BCUT2D eigenvalue weighted by molar-refractivity contribution is 0.488. The molecule has 0 amide bonds. The molecule has 0 bridgehead atoms. The number of aromatic nitrogens is 2. The molecule has 1 aromatic heterocycles. The zero-order valence-electron chi connectivity index (χ0n) is 7.87. The normalized spacial score (nSPS) is 26.0. The van der Waals surface area contributed by atoms with Crippen LogP contribution < -0.4 is 10.6 Å². The molecule has 0 aromatic carbocycles. The van der Waals surface area contributed by atoms with Gasteiger partial charge >= 0.3 is 6.01 Å². The van der Waals surface area contributed by atoms with E-state index in [4.69, 9.17) is 4.42 Å². The van der Waals surface area contributed by atoms with E-state index < -0.39 is 0 Å². The lowest BCUT2D eigenvalue weighted by atomic mass is 10.5. The van der Waals surface area contributed by atoms with Crippen LogP contribution in [-0.2, 0) is 6.54 Å². The fraction of sp³-hybridized carbons (Fsp3) is 0.750. The summed E-state index contributed by atoms with van der Waals surface area (Å²) in [5, 5.41) is 13.9. The minimum Gasteiger partial charge on any atom is -0.407 e. The molecule has 1 aliphatic rings. The minimum atomic E-state index is 0.530. The molecule has 5 heteroatoms. The summed E-state index contributed by atoms with van der Waals surface area (Å²) >= 11 is 0. The van der Waals surface area contributed by atoms with E-state index in [1.165, 1.54) is 6.42 Å². The van der Waals surface area contributed by atoms with Gasteiger partial charge in [0, 0.05) is 6.04 Å². The maximum atomic E-state index is 5.33. The predicted octanol–water partition coefficient (Wildman–Crippen LogP) is 0.609. The molecule has 0 aliphatic heterocycles. The lowest BCUT2D eigenvalue weighted by Crippen LogP contribution is -2.05. The van der Waals surface area contributed by atoms with Gasteiger partial charge in [-0.1, -0.05) is 12.0 Å². The maximum Gasteiger partial charge on any atom is 0.315 e. The zero-order chi connectivity index (χ0) is 9.26. The first-order valence-electron chi connectivity index (χ1n) is 4.53. The molecule has 1 fully saturated rings. The number of nitrogens with one attached hydrogen (secondary N) is 2. The van der Waals surface area contributed by atoms with Crippen molar-refractivity contribution < 1.29 is 4.42 Å². The van der Waals surface area contributed by atoms with Crippen molar-refractivity contribution in [3.63, 3.8) is 0 Å². The molecular weight excluding hydrogens is 168 g/mol. The average Bonchev–Trinajstić information content (AvgIpc) is 2.63. The van der Waals surface area contributed by atoms with Crippen LogP contribution >= 0.6 is 0 Å². The topological polar surface area (TPSA) is 63.0 Å². The summed E-state index contributed by atoms with van der Waals surface area (Å²) in [7, 11) is 1.85. The molecule has 2 N–H and O–H groups in total. The van der Waals surface area contributed by atoms with Crippen molar-refractivity contribution in [1.82, 2.24) is 15.5 Å². The average molecular weight is 182 g/mol. The van der Waals surface area contributed by atoms with Gasteiger partial charge in [-0.15, -0.1) is 5.10 Å². The summed E-state index contributed by atoms with van der Waals surface area (Å²) in [4.78, 5) is 0. The van der Waals surface area contributed by atoms with Crippen LogP contribution in [0.4, 0.5) is 6.01 Å². The Balaban J connectivity index is 1.89. The molecule has 13 heavy (non-hydrogen) atoms. The highest BCUT2D eigenvalue weighted by molar-refractivity contribution is 5.23. The van der Waals surface area contributed by atoms with E-state index >= 15 is 0 Å². The Morgan fingerprint density at radius 2 is 2.31 bits per heavy atom. The molecule has 1 aliphatic carbocycles. The molecule has 0 saturated heterocycles. The molecule has 0 spiro atoms. The molecule has 0 radical (unpaired) electrons. The van der Waals surface area contributed by atoms with Gasteiger partial charge in [-0.3, -0.25) is 0 Å². The Labute approximate surface area is 76.9 Å². The number of anilines is 1. The SMILES string of the molecule is CNCc1nnc(NC2CC2C)o1. The van der Waals surface area contributed by atoms with Gasteiger partial charge in [-0.05, 0) is 19.4 Å². The second-order valence-corrected chi connectivity index (χ2v) is 3.50. The fourth-order valence-electron chi connectivity index (χ4n) is 1.22. The third-order valence-corrected chi connectivity index (χ3v) is 2.21. The number of hydrogen-bond acceptors (Lipinski definition) is 5. The van der Waals surface area contributed by atoms with Crippen molar-refractivity contribution in [3.8, 4) is 0 Å². The van der Waals surface area contributed by atoms with E-state index in [-0.39, 0.29) is 0 Å². The number of nitrogens with zero attached hydrogens (tertiary/aromatic N) is 2. The van der Waals surface area contributed by atoms with Crippen molar-refractivity contribution in [1.29, 1.82) is 0 Å². The second-order valence-electron chi connectivity index (χ2n) is 3.50. The number of hydrogen-bond donors (Lipinski definition) is 2. The summed E-state index contributed by atoms with van der Waals surface area (Å²) in [5.74, 6) is 1.36. The highest BCUT2D eigenvalue weighted by Crippen LogP contribution is 2.32. The predicted molar refractivity (Wildman–Crippen MR) is 48.3 cm³/mol. The molecule has 72 valence electrons. The van der Waals surface area contributed by atoms with Gasteiger partial charge in [-0.2, -0.15) is 0 Å². The summed E-state index contributed by atoms with van der Waals surface area (Å²) < 4.78 is 5.33. The molecule has 1 saturated carbocycles. The van der Waals surface area contributed by atoms with Crippen LogP contribution in [0.2, 0.25) is 0 Å². The molecule has 2 unspecified atom stereocenters. The standard InChI is InChI=1S/C8H14N4O/c1-5-3-6(5)10-8-12-11-7(13-8)4-9-2/h5-6,9H,3-4H2,1-2H3,(H,10,12). The fourth-order valence-corrected chi connectivity index (χ4v) is 1.22. The first-order chi connectivity index (χ1) is 6.29. The lowest BCUT2D eigenvalue weighted by Gasteiger charge is -1.95. The van der Waals surface area contributed by atoms with Gasteiger partial charge < -0.3 is 15.1 Å². The smallest absolute Gasteiger partial charge is 0.315 e. The summed E-state index contributed by atoms with van der Waals surface area (Å²) in [6.45, 7) is 2.82. The number of rotatable bonds is 4. The Morgan fingerprint density at radius 3 is 2.92 bits per heavy atom. The van der Waals surface area contributed by atoms with Gasteiger partial charge in [0.05, 0.1) is 6.54 Å². The molecule has 5 nitrogen and oxygen atoms in total. The van der Waals surface area contributed by atoms with Crippen LogP contribution in [-0.4, -0.2) is 23.3 Å². The summed E-state index contributed by atoms with van der Waals surface area (Å²) in [6, 6.07) is 1.07. The van der Waals surface area contributed by atoms with E-state index in [0.717, 1.165) is 5.92 Å². The maximum absolute atomic E-state index is 5.33. The Kier molecular flexibility index (Phi) is 2.18. The van der Waals surface area contributed by atoms with E-state index in [2.05, 4.69) is 27.8 Å². The van der Waals surface area contributed by atoms with Crippen LogP contribution in [0, 0.1) is 5.92 Å². The molecule has 1 heterocycles. The summed E-state index contributed by atoms with van der Waals surface area (Å²) in [5.41, 5.74) is 0. The van der Waals surface area contributed by atoms with Crippen LogP contribution in [0.3, 0.4) is 0 Å². The monoisotopic (exact) mass is 182 g/mol. The van der Waals surface area contributed by atoms with Crippen molar-refractivity contribution in [2.24, 2.45) is 5.92 Å². The Bertz CT molecular complexity index is 285. The van der Waals surface area contributed by atoms with E-state index in [1.807, 2.05) is 7.05 Å². The highest BCUT2D eigenvalue weighted by Gasteiger charge is 2.33. The van der Waals surface area contributed by atoms with E-state index in [1.54, 1.807) is 0 Å². The minimum absolute atomic E-state index is 0.530. The van der Waals surface area contributed by atoms with Crippen molar-refractivity contribution in [2.45, 2.75) is 25.9 Å². The van der Waals surface area contributed by atoms with E-state index in [0.29, 0.717) is 24.5 Å². The van der Waals surface area contributed by atoms with Crippen LogP contribution in [0.5, 0.6) is 0 Å². The zero-order valence-corrected chi connectivity index (χ0v) is 7.87. The first kappa shape index (κ1) is 8.50. The largest absolute Gasteiger partial charge is 0.407 e. The van der Waals surface area contributed by atoms with E-state index in [9.17, 15) is 0 Å². The molecule has 2 atom stereocenters. The third-order valence-electron chi connectivity index (χ3n) is 2.21. The Morgan fingerprint density at radius 1 is 1.54 bits per heavy atom. The highest BCUT2D eigenvalue weighted by atomic mass is 16.4. The van der Waals surface area contributed by atoms with Gasteiger partial charge in [0.2, 0.25) is 5.89 Å². The van der Waals surface area contributed by atoms with Gasteiger partial charge in [0.15, 0.2) is 0 Å². The van der Waals surface area contributed by atoms with Gasteiger partial charge in [-0.25, -0.2) is 0 Å². The van der Waals surface area contributed by atoms with Crippen molar-refractivity contribution in [3.05, 3.63) is 5.89 Å². The Hall–Kier alpha value is -1.10. The van der Waals surface area contributed by atoms with Gasteiger partial charge in [0.1, 0.15) is 0 Å². The van der Waals surface area contributed by atoms with Crippen molar-refractivity contribution >= 4 is 6.01 Å². The van der Waals surface area contributed by atoms with Crippen LogP contribution in [0.15, 0.2) is 4.42 Å². The summed E-state index contributed by atoms with van der Waals surface area (Å²) in [6.07, 6.45) is 1.20. The molecule has 1 aromatic rings. The molecule has 2 rings (SSSR count). The van der Waals surface area contributed by atoms with Crippen molar-refractivity contribution in [2.75, 3.05) is 12.4 Å². The van der Waals surface area contributed by atoms with Gasteiger partial charge in [0.25, 0.3) is 0 Å². The quantitative estimate of drug-likeness (QED) is 0.714. The van der Waals surface area contributed by atoms with Crippen LogP contribution in [0.25, 0.3) is 0 Å².